The molecule has 1 heterocycles. The van der Waals surface area contributed by atoms with Gasteiger partial charge in [0.1, 0.15) is 0 Å². The van der Waals surface area contributed by atoms with E-state index < -0.39 is 0 Å². The third-order valence-corrected chi connectivity index (χ3v) is 2.79. The van der Waals surface area contributed by atoms with Crippen LogP contribution >= 0.6 is 0 Å². The van der Waals surface area contributed by atoms with Gasteiger partial charge < -0.3 is 15.4 Å². The maximum absolute atomic E-state index is 11.6. The van der Waals surface area contributed by atoms with Crippen molar-refractivity contribution in [1.82, 2.24) is 10.6 Å². The van der Waals surface area contributed by atoms with Crippen LogP contribution in [0.2, 0.25) is 0 Å². The first-order valence-electron chi connectivity index (χ1n) is 5.71. The zero-order valence-electron chi connectivity index (χ0n) is 9.88. The van der Waals surface area contributed by atoms with Crippen LogP contribution < -0.4 is 10.6 Å². The summed E-state index contributed by atoms with van der Waals surface area (Å²) in [6, 6.07) is 0. The number of amides is 1. The number of hydrogen-bond donors (Lipinski definition) is 2. The van der Waals surface area contributed by atoms with Crippen LogP contribution in [0.4, 0.5) is 0 Å². The van der Waals surface area contributed by atoms with Crippen molar-refractivity contribution < 1.29 is 9.53 Å². The quantitative estimate of drug-likeness (QED) is 0.629. The SMILES string of the molecule is CC(C)OCCNC(=O)C(C)C1CNC1. The van der Waals surface area contributed by atoms with Gasteiger partial charge in [-0.3, -0.25) is 4.79 Å². The second-order valence-electron chi connectivity index (χ2n) is 4.42. The lowest BCUT2D eigenvalue weighted by atomic mass is 9.88. The average Bonchev–Trinajstić information content (AvgIpc) is 2.08. The predicted octanol–water partition coefficient (Wildman–Crippen LogP) is 0.383. The summed E-state index contributed by atoms with van der Waals surface area (Å²) in [7, 11) is 0. The Morgan fingerprint density at radius 1 is 1.47 bits per heavy atom. The Labute approximate surface area is 91.8 Å². The van der Waals surface area contributed by atoms with Gasteiger partial charge in [0.15, 0.2) is 0 Å². The van der Waals surface area contributed by atoms with E-state index >= 15 is 0 Å². The van der Waals surface area contributed by atoms with Gasteiger partial charge in [-0.1, -0.05) is 6.92 Å². The van der Waals surface area contributed by atoms with Gasteiger partial charge in [0.25, 0.3) is 0 Å². The maximum atomic E-state index is 11.6. The Morgan fingerprint density at radius 2 is 2.13 bits per heavy atom. The van der Waals surface area contributed by atoms with Crippen LogP contribution in [0.15, 0.2) is 0 Å². The monoisotopic (exact) mass is 214 g/mol. The molecule has 1 atom stereocenters. The summed E-state index contributed by atoms with van der Waals surface area (Å²) in [5, 5.41) is 6.07. The predicted molar refractivity (Wildman–Crippen MR) is 59.6 cm³/mol. The fourth-order valence-electron chi connectivity index (χ4n) is 1.51. The molecule has 0 aromatic carbocycles. The molecule has 1 rings (SSSR count). The van der Waals surface area contributed by atoms with Gasteiger partial charge in [-0.05, 0) is 32.9 Å². The zero-order valence-corrected chi connectivity index (χ0v) is 9.88. The molecule has 4 nitrogen and oxygen atoms in total. The highest BCUT2D eigenvalue weighted by Gasteiger charge is 2.28. The summed E-state index contributed by atoms with van der Waals surface area (Å²) < 4.78 is 5.35. The second-order valence-corrected chi connectivity index (χ2v) is 4.42. The van der Waals surface area contributed by atoms with E-state index in [-0.39, 0.29) is 17.9 Å². The molecule has 0 aliphatic carbocycles. The van der Waals surface area contributed by atoms with Crippen molar-refractivity contribution in [2.45, 2.75) is 26.9 Å². The first kappa shape index (κ1) is 12.5. The van der Waals surface area contributed by atoms with Crippen LogP contribution in [0.1, 0.15) is 20.8 Å². The molecule has 4 heteroatoms. The van der Waals surface area contributed by atoms with Crippen molar-refractivity contribution in [3.05, 3.63) is 0 Å². The Kier molecular flexibility index (Phi) is 5.05. The first-order chi connectivity index (χ1) is 7.11. The standard InChI is InChI=1S/C11H22N2O2/c1-8(2)15-5-4-13-11(14)9(3)10-6-12-7-10/h8-10,12H,4-7H2,1-3H3,(H,13,14). The number of ether oxygens (including phenoxy) is 1. The molecular weight excluding hydrogens is 192 g/mol. The molecule has 88 valence electrons. The molecule has 0 spiro atoms. The van der Waals surface area contributed by atoms with Crippen LogP contribution in [0.25, 0.3) is 0 Å². The summed E-state index contributed by atoms with van der Waals surface area (Å²) in [5.74, 6) is 0.773. The minimum Gasteiger partial charge on any atom is -0.377 e. The molecule has 0 saturated carbocycles. The third-order valence-electron chi connectivity index (χ3n) is 2.79. The van der Waals surface area contributed by atoms with E-state index in [1.54, 1.807) is 0 Å². The van der Waals surface area contributed by atoms with Crippen molar-refractivity contribution in [3.63, 3.8) is 0 Å². The lowest BCUT2D eigenvalue weighted by Crippen LogP contribution is -2.49. The van der Waals surface area contributed by atoms with E-state index in [1.165, 1.54) is 0 Å². The Morgan fingerprint density at radius 3 is 2.60 bits per heavy atom. The molecule has 1 aliphatic heterocycles. The van der Waals surface area contributed by atoms with Crippen molar-refractivity contribution in [1.29, 1.82) is 0 Å². The lowest BCUT2D eigenvalue weighted by Gasteiger charge is -2.31. The molecule has 15 heavy (non-hydrogen) atoms. The van der Waals surface area contributed by atoms with Gasteiger partial charge in [-0.2, -0.15) is 0 Å². The Balaban J connectivity index is 2.07. The smallest absolute Gasteiger partial charge is 0.223 e. The molecule has 1 amide bonds. The molecule has 0 radical (unpaired) electrons. The molecule has 1 fully saturated rings. The maximum Gasteiger partial charge on any atom is 0.223 e. The zero-order chi connectivity index (χ0) is 11.3. The molecule has 1 aliphatic rings. The molecule has 0 aromatic rings. The van der Waals surface area contributed by atoms with Crippen molar-refractivity contribution >= 4 is 5.91 Å². The third kappa shape index (κ3) is 4.18. The molecular formula is C11H22N2O2. The molecule has 0 aromatic heterocycles. The number of carbonyl (C=O) groups excluding carboxylic acids is 1. The van der Waals surface area contributed by atoms with Crippen molar-refractivity contribution in [2.75, 3.05) is 26.2 Å². The highest BCUT2D eigenvalue weighted by Crippen LogP contribution is 2.15. The Bertz CT molecular complexity index is 203. The summed E-state index contributed by atoms with van der Waals surface area (Å²) in [6.07, 6.45) is 0.232. The van der Waals surface area contributed by atoms with E-state index in [0.29, 0.717) is 19.1 Å². The first-order valence-corrected chi connectivity index (χ1v) is 5.71. The number of nitrogens with one attached hydrogen (secondary N) is 2. The van der Waals surface area contributed by atoms with Gasteiger partial charge >= 0.3 is 0 Å². The lowest BCUT2D eigenvalue weighted by molar-refractivity contribution is -0.127. The fourth-order valence-corrected chi connectivity index (χ4v) is 1.51. The van der Waals surface area contributed by atoms with Gasteiger partial charge in [-0.15, -0.1) is 0 Å². The number of carbonyl (C=O) groups is 1. The normalized spacial score (nSPS) is 18.7. The van der Waals surface area contributed by atoms with Gasteiger partial charge in [-0.25, -0.2) is 0 Å². The van der Waals surface area contributed by atoms with Crippen molar-refractivity contribution in [2.24, 2.45) is 11.8 Å². The summed E-state index contributed by atoms with van der Waals surface area (Å²) in [6.45, 7) is 9.12. The highest BCUT2D eigenvalue weighted by atomic mass is 16.5. The van der Waals surface area contributed by atoms with E-state index in [2.05, 4.69) is 10.6 Å². The van der Waals surface area contributed by atoms with Crippen LogP contribution in [-0.2, 0) is 9.53 Å². The average molecular weight is 214 g/mol. The Hall–Kier alpha value is -0.610. The molecule has 1 unspecified atom stereocenters. The van der Waals surface area contributed by atoms with E-state index in [0.717, 1.165) is 13.1 Å². The van der Waals surface area contributed by atoms with Crippen molar-refractivity contribution in [3.8, 4) is 0 Å². The second kappa shape index (κ2) is 6.08. The van der Waals surface area contributed by atoms with Gasteiger partial charge in [0.05, 0.1) is 12.7 Å². The molecule has 1 saturated heterocycles. The summed E-state index contributed by atoms with van der Waals surface area (Å²) >= 11 is 0. The molecule has 0 bridgehead atoms. The fraction of sp³-hybridized carbons (Fsp3) is 0.909. The van der Waals surface area contributed by atoms with E-state index in [4.69, 9.17) is 4.74 Å². The minimum atomic E-state index is 0.116. The summed E-state index contributed by atoms with van der Waals surface area (Å²) in [5.41, 5.74) is 0. The van der Waals surface area contributed by atoms with Crippen LogP contribution in [-0.4, -0.2) is 38.3 Å². The summed E-state index contributed by atoms with van der Waals surface area (Å²) in [4.78, 5) is 11.6. The van der Waals surface area contributed by atoms with Crippen LogP contribution in [0, 0.1) is 11.8 Å². The number of rotatable bonds is 6. The van der Waals surface area contributed by atoms with Gasteiger partial charge in [0, 0.05) is 12.5 Å². The highest BCUT2D eigenvalue weighted by molar-refractivity contribution is 5.78. The minimum absolute atomic E-state index is 0.116. The molecule has 2 N–H and O–H groups in total. The van der Waals surface area contributed by atoms with Crippen LogP contribution in [0.5, 0.6) is 0 Å². The topological polar surface area (TPSA) is 50.4 Å². The van der Waals surface area contributed by atoms with E-state index in [1.807, 2.05) is 20.8 Å². The number of hydrogen-bond acceptors (Lipinski definition) is 3. The van der Waals surface area contributed by atoms with Crippen LogP contribution in [0.3, 0.4) is 0 Å². The van der Waals surface area contributed by atoms with E-state index in [9.17, 15) is 4.79 Å². The largest absolute Gasteiger partial charge is 0.377 e. The van der Waals surface area contributed by atoms with Gasteiger partial charge in [0.2, 0.25) is 5.91 Å².